The van der Waals surface area contributed by atoms with Gasteiger partial charge in [0.2, 0.25) is 5.91 Å². The van der Waals surface area contributed by atoms with Gasteiger partial charge in [0, 0.05) is 12.8 Å². The zero-order chi connectivity index (χ0) is 64.2. The van der Waals surface area contributed by atoms with Gasteiger partial charge in [-0.15, -0.1) is 0 Å². The van der Waals surface area contributed by atoms with Crippen molar-refractivity contribution in [1.29, 1.82) is 0 Å². The lowest BCUT2D eigenvalue weighted by Gasteiger charge is -2.20. The van der Waals surface area contributed by atoms with Crippen molar-refractivity contribution >= 4 is 11.9 Å². The summed E-state index contributed by atoms with van der Waals surface area (Å²) in [7, 11) is 0. The second-order valence-electron chi connectivity index (χ2n) is 28.8. The van der Waals surface area contributed by atoms with Crippen LogP contribution in [0.25, 0.3) is 0 Å². The predicted molar refractivity (Wildman–Crippen MR) is 394 cm³/mol. The Kier molecular flexibility index (Phi) is 77.8. The lowest BCUT2D eigenvalue weighted by atomic mass is 10.0. The van der Waals surface area contributed by atoms with Crippen LogP contribution < -0.4 is 5.32 Å². The topological polar surface area (TPSA) is 95.9 Å². The molecule has 0 saturated carbocycles. The van der Waals surface area contributed by atoms with E-state index >= 15 is 0 Å². The summed E-state index contributed by atoms with van der Waals surface area (Å²) >= 11 is 0. The van der Waals surface area contributed by atoms with Crippen LogP contribution in [0.5, 0.6) is 0 Å². The van der Waals surface area contributed by atoms with Crippen molar-refractivity contribution in [3.63, 3.8) is 0 Å². The Hall–Kier alpha value is -1.40. The van der Waals surface area contributed by atoms with Crippen LogP contribution >= 0.6 is 0 Å². The summed E-state index contributed by atoms with van der Waals surface area (Å²) in [4.78, 5) is 24.7. The molecule has 0 aliphatic heterocycles. The lowest BCUT2D eigenvalue weighted by molar-refractivity contribution is -0.143. The first-order chi connectivity index (χ1) is 44.0. The molecule has 0 radical (unpaired) electrons. The number of amides is 1. The van der Waals surface area contributed by atoms with Crippen molar-refractivity contribution in [3.8, 4) is 0 Å². The minimum absolute atomic E-state index is 0.0253. The molecular weight excluding hydrogens is 1090 g/mol. The van der Waals surface area contributed by atoms with Crippen molar-refractivity contribution in [1.82, 2.24) is 5.32 Å². The van der Waals surface area contributed by atoms with Gasteiger partial charge in [0.15, 0.2) is 0 Å². The van der Waals surface area contributed by atoms with Gasteiger partial charge in [-0.25, -0.2) is 0 Å². The summed E-state index contributed by atoms with van der Waals surface area (Å²) in [5.41, 5.74) is 0. The van der Waals surface area contributed by atoms with Crippen molar-refractivity contribution in [3.05, 3.63) is 12.2 Å². The van der Waals surface area contributed by atoms with Gasteiger partial charge in [-0.2, -0.15) is 0 Å². The van der Waals surface area contributed by atoms with E-state index < -0.39 is 12.1 Å². The van der Waals surface area contributed by atoms with E-state index in [-0.39, 0.29) is 18.5 Å². The molecule has 0 aliphatic carbocycles. The second kappa shape index (κ2) is 79.0. The number of nitrogens with one attached hydrogen (secondary N) is 1. The molecule has 0 heterocycles. The van der Waals surface area contributed by atoms with E-state index in [1.807, 2.05) is 6.08 Å². The van der Waals surface area contributed by atoms with Crippen LogP contribution in [0, 0.1) is 0 Å². The molecule has 0 rings (SSSR count). The smallest absolute Gasteiger partial charge is 0.305 e. The maximum absolute atomic E-state index is 12.6. The minimum atomic E-state index is -0.843. The van der Waals surface area contributed by atoms with Gasteiger partial charge in [0.1, 0.15) is 0 Å². The quantitative estimate of drug-likeness (QED) is 0.0320. The number of hydrogen-bond acceptors (Lipinski definition) is 5. The standard InChI is InChI=1S/C83H163NO5/c1-3-5-7-9-11-13-15-17-19-21-22-23-24-32-35-38-41-44-47-51-55-59-63-67-71-75-81(86)80(79-85)84-82(87)76-72-68-64-60-56-52-48-45-42-39-36-33-30-28-26-25-27-29-31-34-37-40-43-46-50-54-58-62-66-70-74-78-89-83(88)77-73-69-65-61-57-53-49-20-18-16-14-12-10-8-6-4-2/h71,75,80-81,85-86H,3-70,72-74,76-79H2,1-2H3,(H,84,87)/b75-71+. The normalized spacial score (nSPS) is 12.4. The van der Waals surface area contributed by atoms with Crippen LogP contribution in [0.15, 0.2) is 12.2 Å². The first-order valence-corrected chi connectivity index (χ1v) is 41.5. The molecule has 89 heavy (non-hydrogen) atoms. The molecule has 6 nitrogen and oxygen atoms in total. The average molecular weight is 1260 g/mol. The van der Waals surface area contributed by atoms with E-state index in [4.69, 9.17) is 4.74 Å². The number of aliphatic hydroxyl groups excluding tert-OH is 2. The van der Waals surface area contributed by atoms with Gasteiger partial charge < -0.3 is 20.3 Å². The summed E-state index contributed by atoms with van der Waals surface area (Å²) in [5, 5.41) is 23.3. The molecule has 3 N–H and O–H groups in total. The number of esters is 1. The highest BCUT2D eigenvalue weighted by molar-refractivity contribution is 5.76. The Labute approximate surface area is 559 Å². The summed E-state index contributed by atoms with van der Waals surface area (Å²) in [6, 6.07) is -0.626. The summed E-state index contributed by atoms with van der Waals surface area (Å²) in [6.45, 7) is 4.97. The first-order valence-electron chi connectivity index (χ1n) is 41.5. The molecule has 0 saturated heterocycles. The molecule has 0 aromatic rings. The minimum Gasteiger partial charge on any atom is -0.466 e. The van der Waals surface area contributed by atoms with E-state index in [0.29, 0.717) is 19.4 Å². The van der Waals surface area contributed by atoms with Crippen LogP contribution in [0.1, 0.15) is 483 Å². The number of hydrogen-bond donors (Lipinski definition) is 3. The number of allylic oxidation sites excluding steroid dienone is 1. The van der Waals surface area contributed by atoms with Crippen LogP contribution in [0.4, 0.5) is 0 Å². The third-order valence-electron chi connectivity index (χ3n) is 19.8. The second-order valence-corrected chi connectivity index (χ2v) is 28.8. The molecule has 0 fully saturated rings. The highest BCUT2D eigenvalue weighted by Gasteiger charge is 2.18. The molecule has 1 amide bonds. The van der Waals surface area contributed by atoms with Crippen molar-refractivity contribution in [2.75, 3.05) is 13.2 Å². The van der Waals surface area contributed by atoms with Crippen LogP contribution in [-0.4, -0.2) is 47.4 Å². The lowest BCUT2D eigenvalue weighted by Crippen LogP contribution is -2.45. The third kappa shape index (κ3) is 75.5. The van der Waals surface area contributed by atoms with Crippen molar-refractivity contribution in [2.24, 2.45) is 0 Å². The van der Waals surface area contributed by atoms with E-state index in [2.05, 4.69) is 19.2 Å². The van der Waals surface area contributed by atoms with E-state index in [1.165, 1.54) is 417 Å². The summed E-state index contributed by atoms with van der Waals surface area (Å²) in [6.07, 6.45) is 101. The molecule has 0 aliphatic rings. The van der Waals surface area contributed by atoms with Crippen molar-refractivity contribution in [2.45, 2.75) is 495 Å². The number of carbonyl (C=O) groups is 2. The maximum atomic E-state index is 12.6. The molecule has 0 aromatic carbocycles. The first kappa shape index (κ1) is 87.6. The summed E-state index contributed by atoms with van der Waals surface area (Å²) < 4.78 is 5.51. The van der Waals surface area contributed by atoms with Gasteiger partial charge in [0.05, 0.1) is 25.4 Å². The van der Waals surface area contributed by atoms with Crippen molar-refractivity contribution < 1.29 is 24.5 Å². The average Bonchev–Trinajstić information content (AvgIpc) is 3.62. The maximum Gasteiger partial charge on any atom is 0.305 e. The summed E-state index contributed by atoms with van der Waals surface area (Å²) in [5.74, 6) is -0.0323. The fraction of sp³-hybridized carbons (Fsp3) is 0.952. The number of unbranched alkanes of at least 4 members (excludes halogenated alkanes) is 68. The third-order valence-corrected chi connectivity index (χ3v) is 19.8. The Morgan fingerprint density at radius 3 is 0.764 bits per heavy atom. The fourth-order valence-corrected chi connectivity index (χ4v) is 13.5. The van der Waals surface area contributed by atoms with Crippen LogP contribution in [0.3, 0.4) is 0 Å². The molecule has 6 heteroatoms. The van der Waals surface area contributed by atoms with Crippen LogP contribution in [-0.2, 0) is 14.3 Å². The highest BCUT2D eigenvalue weighted by atomic mass is 16.5. The Morgan fingerprint density at radius 2 is 0.517 bits per heavy atom. The van der Waals surface area contributed by atoms with Gasteiger partial charge in [0.25, 0.3) is 0 Å². The molecule has 0 bridgehead atoms. The number of rotatable bonds is 79. The van der Waals surface area contributed by atoms with E-state index in [9.17, 15) is 19.8 Å². The zero-order valence-corrected chi connectivity index (χ0v) is 61.0. The Bertz CT molecular complexity index is 1350. The monoisotopic (exact) mass is 1250 g/mol. The largest absolute Gasteiger partial charge is 0.466 e. The molecule has 2 unspecified atom stereocenters. The molecule has 0 spiro atoms. The Balaban J connectivity index is 3.34. The molecule has 530 valence electrons. The van der Waals surface area contributed by atoms with Gasteiger partial charge in [-0.1, -0.05) is 450 Å². The van der Waals surface area contributed by atoms with Gasteiger partial charge in [-0.05, 0) is 32.1 Å². The van der Waals surface area contributed by atoms with Gasteiger partial charge in [-0.3, -0.25) is 9.59 Å². The fourth-order valence-electron chi connectivity index (χ4n) is 13.5. The molecular formula is C83H163NO5. The molecule has 2 atom stereocenters. The zero-order valence-electron chi connectivity index (χ0n) is 61.0. The van der Waals surface area contributed by atoms with E-state index in [0.717, 1.165) is 38.5 Å². The van der Waals surface area contributed by atoms with Crippen LogP contribution in [0.2, 0.25) is 0 Å². The van der Waals surface area contributed by atoms with Gasteiger partial charge >= 0.3 is 5.97 Å². The number of carbonyl (C=O) groups excluding carboxylic acids is 2. The number of ether oxygens (including phenoxy) is 1. The number of aliphatic hydroxyl groups is 2. The molecule has 0 aromatic heterocycles. The Morgan fingerprint density at radius 1 is 0.303 bits per heavy atom. The SMILES string of the molecule is CCCCCCCCCCCCCCCCCCCCCCCCC/C=C/C(O)C(CO)NC(=O)CCCCCCCCCCCCCCCCCCCCCCCCCCCCCCCCCOC(=O)CCCCCCCCCCCCCCCCCC. The predicted octanol–water partition coefficient (Wildman–Crippen LogP) is 27.4. The highest BCUT2D eigenvalue weighted by Crippen LogP contribution is 2.21. The van der Waals surface area contributed by atoms with E-state index in [1.54, 1.807) is 6.08 Å².